The molecule has 0 spiro atoms. The van der Waals surface area contributed by atoms with Crippen LogP contribution in [0.4, 0.5) is 24.5 Å². The number of likely N-dealkylation sites (N-methyl/N-ethyl adjacent to an activating group) is 1. The third-order valence-corrected chi connectivity index (χ3v) is 10.2. The minimum Gasteiger partial charge on any atom is -0.554 e. The number of likely N-dealkylation sites (tertiary alicyclic amines) is 1. The zero-order valence-electron chi connectivity index (χ0n) is 30.2. The number of imidazole rings is 1. The number of quaternary nitrogens is 1. The SMILES string of the molecule is Cn1c(-c2cn(-c3ccc(N)cn3)nc2C(F)(F)F)cnc1C(=O)Nc1ccc(C(=O)N2CCC(C(=O)N3CC[N+](C)(C)C(CO)C3)CC2)c(Cl)c1.O=C[O-]. The first-order chi connectivity index (χ1) is 26.0. The van der Waals surface area contributed by atoms with Gasteiger partial charge in [-0.2, -0.15) is 18.3 Å². The van der Waals surface area contributed by atoms with Crippen LogP contribution in [-0.2, 0) is 22.8 Å². The largest absolute Gasteiger partial charge is 0.554 e. The van der Waals surface area contributed by atoms with Gasteiger partial charge in [0.1, 0.15) is 6.04 Å². The van der Waals surface area contributed by atoms with Gasteiger partial charge in [-0.3, -0.25) is 14.4 Å². The number of aliphatic hydroxyl groups excluding tert-OH is 1. The molecule has 20 heteroatoms. The van der Waals surface area contributed by atoms with Crippen LogP contribution in [0.15, 0.2) is 48.9 Å². The molecule has 1 aromatic carbocycles. The number of aliphatic hydroxyl groups is 1. The van der Waals surface area contributed by atoms with Crippen LogP contribution in [0, 0.1) is 5.92 Å². The summed E-state index contributed by atoms with van der Waals surface area (Å²) in [5, 5.41) is 24.5. The van der Waals surface area contributed by atoms with Gasteiger partial charge in [-0.15, -0.1) is 0 Å². The van der Waals surface area contributed by atoms with Crippen LogP contribution < -0.4 is 16.2 Å². The van der Waals surface area contributed by atoms with Gasteiger partial charge in [0, 0.05) is 44.4 Å². The highest BCUT2D eigenvalue weighted by molar-refractivity contribution is 6.34. The Hall–Kier alpha value is -5.53. The van der Waals surface area contributed by atoms with Crippen molar-refractivity contribution in [3.8, 4) is 17.1 Å². The van der Waals surface area contributed by atoms with Gasteiger partial charge in [0.2, 0.25) is 5.91 Å². The minimum atomic E-state index is -4.82. The van der Waals surface area contributed by atoms with E-state index in [0.717, 1.165) is 23.6 Å². The second-order valence-corrected chi connectivity index (χ2v) is 14.2. The summed E-state index contributed by atoms with van der Waals surface area (Å²) in [7, 11) is 5.50. The van der Waals surface area contributed by atoms with E-state index in [4.69, 9.17) is 27.2 Å². The fraction of sp³-hybridized carbons (Fsp3) is 0.400. The molecule has 0 saturated carbocycles. The number of pyridine rings is 1. The number of alkyl halides is 3. The molecule has 1 atom stereocenters. The average molecular weight is 789 g/mol. The molecule has 6 rings (SSSR count). The molecule has 4 aromatic rings. The number of piperazine rings is 1. The summed E-state index contributed by atoms with van der Waals surface area (Å²) in [5.74, 6) is -1.27. The smallest absolute Gasteiger partial charge is 0.435 e. The standard InChI is InChI=1S/C34H38ClF3N10O4.CH2O2/c1-44-27(25-18-47(43-29(25)34(36,37)38)28-7-4-21(39)15-40-28)16-41-30(44)31(50)42-22-5-6-24(26(35)14-22)33(52)45-10-8-20(9-11-45)32(51)46-12-13-48(2,3)23(17-46)19-49;2-1-3/h4-7,14-16,18,20,23,49H,8-13,17,19,39H2,1-3H3;1H,(H,2,3). The number of hydrogen-bond acceptors (Lipinski definition) is 10. The second-order valence-electron chi connectivity index (χ2n) is 13.7. The van der Waals surface area contributed by atoms with Crippen molar-refractivity contribution in [1.29, 1.82) is 0 Å². The molecule has 2 aliphatic heterocycles. The van der Waals surface area contributed by atoms with Gasteiger partial charge < -0.3 is 44.9 Å². The fourth-order valence-electron chi connectivity index (χ4n) is 6.61. The molecule has 2 fully saturated rings. The maximum atomic E-state index is 14.0. The molecule has 0 aliphatic carbocycles. The summed E-state index contributed by atoms with van der Waals surface area (Å²) in [6, 6.07) is 7.25. The molecule has 2 saturated heterocycles. The lowest BCUT2D eigenvalue weighted by Crippen LogP contribution is -2.64. The molecular weight excluding hydrogens is 749 g/mol. The van der Waals surface area contributed by atoms with Crippen LogP contribution in [0.5, 0.6) is 0 Å². The minimum absolute atomic E-state index is 0.00101. The molecule has 16 nitrogen and oxygen atoms in total. The lowest BCUT2D eigenvalue weighted by molar-refractivity contribution is -0.919. The number of amides is 3. The van der Waals surface area contributed by atoms with E-state index in [0.29, 0.717) is 49.2 Å². The topological polar surface area (TPSA) is 205 Å². The number of piperidine rings is 1. The molecule has 0 bridgehead atoms. The first-order valence-electron chi connectivity index (χ1n) is 17.1. The number of benzene rings is 1. The lowest BCUT2D eigenvalue weighted by atomic mass is 9.94. The van der Waals surface area contributed by atoms with Crippen LogP contribution in [0.25, 0.3) is 17.1 Å². The van der Waals surface area contributed by atoms with Gasteiger partial charge in [-0.05, 0) is 43.2 Å². The molecule has 1 unspecified atom stereocenters. The van der Waals surface area contributed by atoms with Crippen LogP contribution in [0.1, 0.15) is 39.5 Å². The number of halogens is 4. The van der Waals surface area contributed by atoms with E-state index < -0.39 is 24.2 Å². The van der Waals surface area contributed by atoms with Crippen LogP contribution in [-0.4, -0.2) is 127 Å². The van der Waals surface area contributed by atoms with E-state index >= 15 is 0 Å². The molecule has 5 heterocycles. The third-order valence-electron chi connectivity index (χ3n) is 9.93. The molecule has 3 aromatic heterocycles. The maximum Gasteiger partial charge on any atom is 0.435 e. The molecule has 4 N–H and O–H groups in total. The molecule has 2 aliphatic rings. The zero-order chi connectivity index (χ0) is 40.2. The van der Waals surface area contributed by atoms with E-state index in [1.165, 1.54) is 48.1 Å². The van der Waals surface area contributed by atoms with Crippen molar-refractivity contribution in [2.75, 3.05) is 64.5 Å². The Morgan fingerprint density at radius 2 is 1.78 bits per heavy atom. The summed E-state index contributed by atoms with van der Waals surface area (Å²) >= 11 is 6.51. The van der Waals surface area contributed by atoms with Crippen LogP contribution in [0.3, 0.4) is 0 Å². The van der Waals surface area contributed by atoms with Gasteiger partial charge in [-0.25, -0.2) is 14.6 Å². The Kier molecular flexibility index (Phi) is 12.2. The van der Waals surface area contributed by atoms with Crippen molar-refractivity contribution in [2.24, 2.45) is 13.0 Å². The third kappa shape index (κ3) is 8.90. The Bertz CT molecular complexity index is 2040. The van der Waals surface area contributed by atoms with Crippen LogP contribution >= 0.6 is 11.6 Å². The summed E-state index contributed by atoms with van der Waals surface area (Å²) in [5.41, 5.74) is 4.92. The van der Waals surface area contributed by atoms with Gasteiger partial charge in [0.25, 0.3) is 11.8 Å². The maximum absolute atomic E-state index is 14.0. The highest BCUT2D eigenvalue weighted by Gasteiger charge is 2.40. The van der Waals surface area contributed by atoms with Gasteiger partial charge >= 0.3 is 6.18 Å². The highest BCUT2D eigenvalue weighted by atomic mass is 35.5. The van der Waals surface area contributed by atoms with E-state index in [1.807, 2.05) is 19.0 Å². The number of rotatable bonds is 7. The number of nitrogens with one attached hydrogen (secondary N) is 1. The Morgan fingerprint density at radius 1 is 1.09 bits per heavy atom. The van der Waals surface area contributed by atoms with Gasteiger partial charge in [0.15, 0.2) is 17.3 Å². The van der Waals surface area contributed by atoms with Crippen molar-refractivity contribution in [3.05, 3.63) is 71.0 Å². The number of nitrogens with two attached hydrogens (primary N) is 1. The number of anilines is 2. The summed E-state index contributed by atoms with van der Waals surface area (Å²) in [6.07, 6.45) is -0.222. The Morgan fingerprint density at radius 3 is 2.38 bits per heavy atom. The average Bonchev–Trinajstić information content (AvgIpc) is 3.76. The zero-order valence-corrected chi connectivity index (χ0v) is 30.9. The molecular formula is C35H40ClF3N10O6. The number of carboxylic acid groups (broad SMARTS) is 1. The number of nitrogens with zero attached hydrogens (tertiary/aromatic N) is 8. The summed E-state index contributed by atoms with van der Waals surface area (Å²) in [4.78, 5) is 59.8. The van der Waals surface area contributed by atoms with Gasteiger partial charge in [0.05, 0.1) is 80.3 Å². The first-order valence-corrected chi connectivity index (χ1v) is 17.5. The summed E-state index contributed by atoms with van der Waals surface area (Å²) in [6.45, 7) is 2.11. The van der Waals surface area contributed by atoms with E-state index in [-0.39, 0.29) is 69.6 Å². The molecule has 3 amide bonds. The predicted octanol–water partition coefficient (Wildman–Crippen LogP) is 1.67. The number of aromatic nitrogens is 5. The van der Waals surface area contributed by atoms with Crippen molar-refractivity contribution < 1.29 is 47.0 Å². The van der Waals surface area contributed by atoms with Crippen molar-refractivity contribution in [2.45, 2.75) is 25.1 Å². The predicted molar refractivity (Wildman–Crippen MR) is 192 cm³/mol. The highest BCUT2D eigenvalue weighted by Crippen LogP contribution is 2.37. The number of nitrogen functional groups attached to an aromatic ring is 1. The van der Waals surface area contributed by atoms with Crippen molar-refractivity contribution >= 4 is 47.2 Å². The molecule has 0 radical (unpaired) electrons. The van der Waals surface area contributed by atoms with Crippen molar-refractivity contribution in [1.82, 2.24) is 34.1 Å². The van der Waals surface area contributed by atoms with Crippen molar-refractivity contribution in [3.63, 3.8) is 0 Å². The Balaban J connectivity index is 0.00000187. The quantitative estimate of drug-likeness (QED) is 0.183. The Labute approximate surface area is 318 Å². The fourth-order valence-corrected chi connectivity index (χ4v) is 6.87. The van der Waals surface area contributed by atoms with Gasteiger partial charge in [-0.1, -0.05) is 11.6 Å². The first kappa shape index (κ1) is 40.7. The molecule has 294 valence electrons. The van der Waals surface area contributed by atoms with Crippen LogP contribution in [0.2, 0.25) is 5.02 Å². The second kappa shape index (κ2) is 16.5. The van der Waals surface area contributed by atoms with E-state index in [9.17, 15) is 32.7 Å². The normalized spacial score (nSPS) is 17.3. The summed E-state index contributed by atoms with van der Waals surface area (Å²) < 4.78 is 44.9. The van der Waals surface area contributed by atoms with E-state index in [2.05, 4.69) is 20.4 Å². The monoisotopic (exact) mass is 788 g/mol. The number of carbonyl (C=O) groups excluding carboxylic acids is 4. The van der Waals surface area contributed by atoms with E-state index in [1.54, 1.807) is 4.90 Å². The lowest BCUT2D eigenvalue weighted by Gasteiger charge is -2.46. The molecule has 55 heavy (non-hydrogen) atoms. The number of carbonyl (C=O) groups is 4. The number of hydrogen-bond donors (Lipinski definition) is 3.